The van der Waals surface area contributed by atoms with Crippen molar-refractivity contribution in [3.63, 3.8) is 0 Å². The summed E-state index contributed by atoms with van der Waals surface area (Å²) in [6, 6.07) is 0. The summed E-state index contributed by atoms with van der Waals surface area (Å²) in [5.74, 6) is -0.959. The third-order valence-corrected chi connectivity index (χ3v) is 1.65. The smallest absolute Gasteiger partial charge is 0.328 e. The molecule has 4 nitrogen and oxygen atoms in total. The van der Waals surface area contributed by atoms with Crippen LogP contribution in [0.15, 0.2) is 12.2 Å². The molecule has 0 aliphatic heterocycles. The number of carboxylic acids is 1. The molecule has 0 aliphatic carbocycles. The molecule has 0 radical (unpaired) electrons. The van der Waals surface area contributed by atoms with E-state index in [4.69, 9.17) is 5.11 Å². The predicted octanol–water partition coefficient (Wildman–Crippen LogP) is 1.13. The molecule has 0 saturated heterocycles. The van der Waals surface area contributed by atoms with Crippen molar-refractivity contribution in [3.05, 3.63) is 12.2 Å². The molecule has 0 aliphatic rings. The van der Waals surface area contributed by atoms with Gasteiger partial charge in [0.25, 0.3) is 0 Å². The van der Waals surface area contributed by atoms with Crippen LogP contribution in [-0.2, 0) is 9.59 Å². The molecular weight excluding hydrogens is 182 g/mol. The minimum Gasteiger partial charge on any atom is -0.478 e. The van der Waals surface area contributed by atoms with Gasteiger partial charge in [0.15, 0.2) is 0 Å². The second-order valence-corrected chi connectivity index (χ2v) is 3.44. The Kier molecular flexibility index (Phi) is 5.60. The number of rotatable bonds is 5. The number of carbonyl (C=O) groups is 2. The Morgan fingerprint density at radius 3 is 2.29 bits per heavy atom. The molecule has 0 unspecified atom stereocenters. The number of hydrogen-bond acceptors (Lipinski definition) is 2. The lowest BCUT2D eigenvalue weighted by atomic mass is 10.2. The fourth-order valence-corrected chi connectivity index (χ4v) is 1.06. The molecule has 0 aromatic heterocycles. The first-order chi connectivity index (χ1) is 6.47. The van der Waals surface area contributed by atoms with Gasteiger partial charge in [-0.05, 0) is 12.8 Å². The minimum atomic E-state index is -1.10. The third kappa shape index (κ3) is 5.35. The van der Waals surface area contributed by atoms with Gasteiger partial charge in [-0.15, -0.1) is 0 Å². The lowest BCUT2D eigenvalue weighted by Crippen LogP contribution is -2.32. The lowest BCUT2D eigenvalue weighted by molar-refractivity contribution is -0.132. The van der Waals surface area contributed by atoms with Crippen LogP contribution in [0.1, 0.15) is 20.8 Å². The van der Waals surface area contributed by atoms with Gasteiger partial charge in [-0.3, -0.25) is 4.79 Å². The van der Waals surface area contributed by atoms with Crippen molar-refractivity contribution in [2.45, 2.75) is 20.8 Å². The molecule has 0 aromatic rings. The van der Waals surface area contributed by atoms with Gasteiger partial charge in [0.2, 0.25) is 5.91 Å². The quantitative estimate of drug-likeness (QED) is 0.675. The van der Waals surface area contributed by atoms with Crippen LogP contribution in [0.4, 0.5) is 0 Å². The summed E-state index contributed by atoms with van der Waals surface area (Å²) >= 11 is 0. The molecule has 14 heavy (non-hydrogen) atoms. The Hall–Kier alpha value is -1.32. The van der Waals surface area contributed by atoms with Gasteiger partial charge in [0.1, 0.15) is 0 Å². The predicted molar refractivity (Wildman–Crippen MR) is 53.9 cm³/mol. The Balaban J connectivity index is 4.24. The number of hydrogen-bond donors (Lipinski definition) is 1. The number of aliphatic carboxylic acids is 1. The van der Waals surface area contributed by atoms with Gasteiger partial charge in [-0.1, -0.05) is 13.8 Å². The molecule has 1 amide bonds. The average Bonchev–Trinajstić information content (AvgIpc) is 2.09. The third-order valence-electron chi connectivity index (χ3n) is 1.65. The minimum absolute atomic E-state index is 0.247. The highest BCUT2D eigenvalue weighted by molar-refractivity contribution is 5.93. The maximum absolute atomic E-state index is 11.4. The van der Waals surface area contributed by atoms with Crippen LogP contribution in [0.25, 0.3) is 0 Å². The Labute approximate surface area is 84.2 Å². The van der Waals surface area contributed by atoms with Crippen LogP contribution in [0.2, 0.25) is 0 Å². The van der Waals surface area contributed by atoms with Gasteiger partial charge in [0.05, 0.1) is 0 Å². The zero-order valence-corrected chi connectivity index (χ0v) is 8.86. The summed E-state index contributed by atoms with van der Waals surface area (Å²) in [5.41, 5.74) is 0. The molecule has 0 aromatic carbocycles. The maximum atomic E-state index is 11.4. The highest BCUT2D eigenvalue weighted by Crippen LogP contribution is 1.99. The molecular formula is C10H17NO3. The Bertz CT molecular complexity index is 234. The summed E-state index contributed by atoms with van der Waals surface area (Å²) in [5, 5.41) is 8.34. The summed E-state index contributed by atoms with van der Waals surface area (Å²) in [6.07, 6.45) is 1.96. The van der Waals surface area contributed by atoms with Crippen molar-refractivity contribution in [2.24, 2.45) is 5.92 Å². The molecule has 0 rings (SSSR count). The summed E-state index contributed by atoms with van der Waals surface area (Å²) in [7, 11) is 0. The number of amides is 1. The number of carbonyl (C=O) groups excluding carboxylic acids is 1. The second-order valence-electron chi connectivity index (χ2n) is 3.44. The normalized spacial score (nSPS) is 10.9. The van der Waals surface area contributed by atoms with Crippen molar-refractivity contribution >= 4 is 11.9 Å². The average molecular weight is 199 g/mol. The van der Waals surface area contributed by atoms with Gasteiger partial charge < -0.3 is 10.0 Å². The van der Waals surface area contributed by atoms with E-state index in [-0.39, 0.29) is 5.91 Å². The number of likely N-dealkylation sites (N-methyl/N-ethyl adjacent to an activating group) is 1. The molecule has 0 atom stereocenters. The molecule has 1 N–H and O–H groups in total. The monoisotopic (exact) mass is 199 g/mol. The summed E-state index contributed by atoms with van der Waals surface area (Å²) in [4.78, 5) is 23.2. The SMILES string of the molecule is CCN(CC(C)C)C(=O)/C=C/C(=O)O. The zero-order chi connectivity index (χ0) is 11.1. The Morgan fingerprint density at radius 2 is 1.93 bits per heavy atom. The van der Waals surface area contributed by atoms with Crippen molar-refractivity contribution in [2.75, 3.05) is 13.1 Å². The fourth-order valence-electron chi connectivity index (χ4n) is 1.06. The van der Waals surface area contributed by atoms with Crippen LogP contribution in [-0.4, -0.2) is 35.0 Å². The highest BCUT2D eigenvalue weighted by atomic mass is 16.4. The molecule has 0 heterocycles. The molecule has 0 saturated carbocycles. The molecule has 0 bridgehead atoms. The van der Waals surface area contributed by atoms with Gasteiger partial charge in [-0.2, -0.15) is 0 Å². The molecule has 4 heteroatoms. The van der Waals surface area contributed by atoms with Crippen molar-refractivity contribution in [1.82, 2.24) is 4.90 Å². The van der Waals surface area contributed by atoms with E-state index in [2.05, 4.69) is 0 Å². The van der Waals surface area contributed by atoms with Crippen LogP contribution in [0.5, 0.6) is 0 Å². The first-order valence-corrected chi connectivity index (χ1v) is 4.67. The van der Waals surface area contributed by atoms with Gasteiger partial charge in [0, 0.05) is 25.2 Å². The van der Waals surface area contributed by atoms with E-state index in [1.165, 1.54) is 0 Å². The van der Waals surface area contributed by atoms with Crippen LogP contribution in [0, 0.1) is 5.92 Å². The van der Waals surface area contributed by atoms with Crippen LogP contribution < -0.4 is 0 Å². The van der Waals surface area contributed by atoms with Crippen molar-refractivity contribution < 1.29 is 14.7 Å². The van der Waals surface area contributed by atoms with E-state index < -0.39 is 5.97 Å². The van der Waals surface area contributed by atoms with E-state index in [9.17, 15) is 9.59 Å². The van der Waals surface area contributed by atoms with Gasteiger partial charge >= 0.3 is 5.97 Å². The van der Waals surface area contributed by atoms with E-state index >= 15 is 0 Å². The maximum Gasteiger partial charge on any atom is 0.328 e. The van der Waals surface area contributed by atoms with E-state index in [1.807, 2.05) is 20.8 Å². The first kappa shape index (κ1) is 12.7. The zero-order valence-electron chi connectivity index (χ0n) is 8.86. The van der Waals surface area contributed by atoms with E-state index in [0.717, 1.165) is 12.2 Å². The highest BCUT2D eigenvalue weighted by Gasteiger charge is 2.09. The topological polar surface area (TPSA) is 57.6 Å². The van der Waals surface area contributed by atoms with Crippen molar-refractivity contribution in [1.29, 1.82) is 0 Å². The summed E-state index contributed by atoms with van der Waals surface area (Å²) < 4.78 is 0. The Morgan fingerprint density at radius 1 is 1.36 bits per heavy atom. The number of nitrogens with zero attached hydrogens (tertiary/aromatic N) is 1. The summed E-state index contributed by atoms with van der Waals surface area (Å²) in [6.45, 7) is 7.14. The second kappa shape index (κ2) is 6.18. The van der Waals surface area contributed by atoms with Crippen molar-refractivity contribution in [3.8, 4) is 0 Å². The standard InChI is InChI=1S/C10H17NO3/c1-4-11(7-8(2)3)9(12)5-6-10(13)14/h5-6,8H,4,7H2,1-3H3,(H,13,14)/b6-5+. The fraction of sp³-hybridized carbons (Fsp3) is 0.600. The molecule has 80 valence electrons. The van der Waals surface area contributed by atoms with E-state index in [1.54, 1.807) is 4.90 Å². The lowest BCUT2D eigenvalue weighted by Gasteiger charge is -2.21. The molecule has 0 fully saturated rings. The largest absolute Gasteiger partial charge is 0.478 e. The van der Waals surface area contributed by atoms with Gasteiger partial charge in [-0.25, -0.2) is 4.79 Å². The molecule has 0 spiro atoms. The number of carboxylic acid groups (broad SMARTS) is 1. The van der Waals surface area contributed by atoms with Crippen LogP contribution >= 0.6 is 0 Å². The first-order valence-electron chi connectivity index (χ1n) is 4.67. The van der Waals surface area contributed by atoms with E-state index in [0.29, 0.717) is 19.0 Å². The van der Waals surface area contributed by atoms with Crippen LogP contribution in [0.3, 0.4) is 0 Å².